The summed E-state index contributed by atoms with van der Waals surface area (Å²) in [5.74, 6) is 1.09. The number of pyridine rings is 1. The van der Waals surface area contributed by atoms with Crippen molar-refractivity contribution in [2.24, 2.45) is 0 Å². The third-order valence-electron chi connectivity index (χ3n) is 4.54. The highest BCUT2D eigenvalue weighted by atomic mass is 16.2. The molecule has 1 aliphatic rings. The smallest absolute Gasteiger partial charge is 0.256 e. The summed E-state index contributed by atoms with van der Waals surface area (Å²) in [6.45, 7) is 2.37. The molecule has 3 aromatic rings. The van der Waals surface area contributed by atoms with Crippen LogP contribution in [0.25, 0.3) is 11.5 Å². The predicted octanol–water partition coefficient (Wildman–Crippen LogP) is 2.75. The van der Waals surface area contributed by atoms with Crippen LogP contribution in [0.2, 0.25) is 0 Å². The number of hydrogen-bond donors (Lipinski definition) is 1. The van der Waals surface area contributed by atoms with Gasteiger partial charge in [0.05, 0.1) is 17.3 Å². The molecule has 1 amide bonds. The van der Waals surface area contributed by atoms with E-state index in [-0.39, 0.29) is 5.91 Å². The molecule has 0 saturated heterocycles. The highest BCUT2D eigenvalue weighted by Crippen LogP contribution is 2.30. The first-order valence-corrected chi connectivity index (χ1v) is 8.49. The van der Waals surface area contributed by atoms with Crippen molar-refractivity contribution in [3.8, 4) is 17.6 Å². The lowest BCUT2D eigenvalue weighted by Crippen LogP contribution is -2.18. The molecule has 1 N–H and O–H groups in total. The molecule has 0 aliphatic carbocycles. The van der Waals surface area contributed by atoms with Gasteiger partial charge in [0.2, 0.25) is 0 Å². The summed E-state index contributed by atoms with van der Waals surface area (Å²) < 4.78 is 1.67. The van der Waals surface area contributed by atoms with Crippen LogP contribution in [0.5, 0.6) is 0 Å². The Labute approximate surface area is 156 Å². The number of nitrogens with zero attached hydrogens (tertiary/aromatic N) is 6. The fourth-order valence-corrected chi connectivity index (χ4v) is 3.15. The van der Waals surface area contributed by atoms with Gasteiger partial charge in [0.1, 0.15) is 23.9 Å². The van der Waals surface area contributed by atoms with Crippen LogP contribution in [0.15, 0.2) is 42.7 Å². The number of amides is 1. The van der Waals surface area contributed by atoms with Gasteiger partial charge in [0.15, 0.2) is 5.82 Å². The summed E-state index contributed by atoms with van der Waals surface area (Å²) in [5.41, 5.74) is 2.98. The number of aromatic nitrogens is 4. The molecule has 134 valence electrons. The lowest BCUT2D eigenvalue weighted by molar-refractivity contribution is 0.0817. The minimum absolute atomic E-state index is 0.00755. The maximum atomic E-state index is 12.4. The van der Waals surface area contributed by atoms with Gasteiger partial charge in [0, 0.05) is 13.6 Å². The quantitative estimate of drug-likeness (QED) is 0.769. The second kappa shape index (κ2) is 6.53. The molecular weight excluding hydrogens is 342 g/mol. The van der Waals surface area contributed by atoms with E-state index in [1.165, 1.54) is 6.33 Å². The topological polar surface area (TPSA) is 99.7 Å². The molecule has 0 fully saturated rings. The molecule has 0 saturated carbocycles. The van der Waals surface area contributed by atoms with Crippen LogP contribution < -0.4 is 5.32 Å². The lowest BCUT2D eigenvalue weighted by atomic mass is 10.1. The van der Waals surface area contributed by atoms with Crippen molar-refractivity contribution in [3.05, 3.63) is 53.9 Å². The Morgan fingerprint density at radius 1 is 1.26 bits per heavy atom. The van der Waals surface area contributed by atoms with Gasteiger partial charge in [-0.3, -0.25) is 9.36 Å². The molecular formula is C19H17N7O. The van der Waals surface area contributed by atoms with Gasteiger partial charge in [0.25, 0.3) is 5.91 Å². The lowest BCUT2D eigenvalue weighted by Gasteiger charge is -2.12. The molecule has 0 bridgehead atoms. The van der Waals surface area contributed by atoms with Crippen LogP contribution in [0.3, 0.4) is 0 Å². The van der Waals surface area contributed by atoms with Gasteiger partial charge in [-0.15, -0.1) is 10.2 Å². The van der Waals surface area contributed by atoms with Crippen molar-refractivity contribution in [3.63, 3.8) is 0 Å². The highest BCUT2D eigenvalue weighted by Gasteiger charge is 2.27. The van der Waals surface area contributed by atoms with E-state index in [0.29, 0.717) is 29.4 Å². The molecule has 0 spiro atoms. The van der Waals surface area contributed by atoms with E-state index in [1.807, 2.05) is 36.4 Å². The predicted molar refractivity (Wildman–Crippen MR) is 99.1 cm³/mol. The first-order chi connectivity index (χ1) is 13.1. The maximum absolute atomic E-state index is 12.4. The van der Waals surface area contributed by atoms with Crippen molar-refractivity contribution < 1.29 is 4.79 Å². The first-order valence-electron chi connectivity index (χ1n) is 8.49. The number of nitriles is 1. The molecule has 1 atom stereocenters. The number of carbonyl (C=O) groups is 1. The van der Waals surface area contributed by atoms with E-state index in [9.17, 15) is 4.79 Å². The highest BCUT2D eigenvalue weighted by molar-refractivity contribution is 6.03. The summed E-state index contributed by atoms with van der Waals surface area (Å²) in [5, 5.41) is 20.4. The fourth-order valence-electron chi connectivity index (χ4n) is 3.15. The molecule has 1 aliphatic heterocycles. The molecule has 1 aromatic carbocycles. The summed E-state index contributed by atoms with van der Waals surface area (Å²) in [7, 11) is 1.79. The van der Waals surface area contributed by atoms with Gasteiger partial charge in [-0.25, -0.2) is 4.98 Å². The fraction of sp³-hybridized carbons (Fsp3) is 0.211. The van der Waals surface area contributed by atoms with Crippen molar-refractivity contribution >= 4 is 17.4 Å². The molecule has 8 nitrogen and oxygen atoms in total. The van der Waals surface area contributed by atoms with Crippen LogP contribution in [0, 0.1) is 11.3 Å². The Bertz CT molecular complexity index is 1070. The van der Waals surface area contributed by atoms with E-state index in [2.05, 4.69) is 26.6 Å². The summed E-state index contributed by atoms with van der Waals surface area (Å²) in [4.78, 5) is 18.7. The van der Waals surface area contributed by atoms with Gasteiger partial charge in [-0.05, 0) is 30.7 Å². The number of anilines is 2. The molecule has 27 heavy (non-hydrogen) atoms. The van der Waals surface area contributed by atoms with Gasteiger partial charge < -0.3 is 10.2 Å². The Morgan fingerprint density at radius 3 is 2.89 bits per heavy atom. The second-order valence-corrected chi connectivity index (χ2v) is 6.40. The average molecular weight is 359 g/mol. The SMILES string of the molecule is CC(C#N)n1cnnc1-c1cccc(Nc2cccc3c2C(=O)N(C)C3)n1. The van der Waals surface area contributed by atoms with Crippen LogP contribution in [-0.2, 0) is 6.54 Å². The maximum Gasteiger partial charge on any atom is 0.256 e. The van der Waals surface area contributed by atoms with Crippen LogP contribution in [0.4, 0.5) is 11.5 Å². The van der Waals surface area contributed by atoms with Crippen molar-refractivity contribution in [1.29, 1.82) is 5.26 Å². The Hall–Kier alpha value is -3.73. The second-order valence-electron chi connectivity index (χ2n) is 6.40. The third-order valence-corrected chi connectivity index (χ3v) is 4.54. The van der Waals surface area contributed by atoms with Gasteiger partial charge >= 0.3 is 0 Å². The summed E-state index contributed by atoms with van der Waals surface area (Å²) in [6.07, 6.45) is 1.52. The normalized spacial score (nSPS) is 14.0. The minimum Gasteiger partial charge on any atom is -0.340 e. The van der Waals surface area contributed by atoms with E-state index in [4.69, 9.17) is 5.26 Å². The van der Waals surface area contributed by atoms with Crippen LogP contribution >= 0.6 is 0 Å². The van der Waals surface area contributed by atoms with E-state index < -0.39 is 6.04 Å². The number of carbonyl (C=O) groups excluding carboxylic acids is 1. The Kier molecular flexibility index (Phi) is 4.05. The van der Waals surface area contributed by atoms with E-state index in [1.54, 1.807) is 23.4 Å². The zero-order valence-corrected chi connectivity index (χ0v) is 14.9. The number of hydrogen-bond acceptors (Lipinski definition) is 6. The monoisotopic (exact) mass is 359 g/mol. The Morgan fingerprint density at radius 2 is 2.07 bits per heavy atom. The van der Waals surface area contributed by atoms with E-state index >= 15 is 0 Å². The van der Waals surface area contributed by atoms with Crippen molar-refractivity contribution in [1.82, 2.24) is 24.6 Å². The molecule has 2 aromatic heterocycles. The number of fused-ring (bicyclic) bond motifs is 1. The van der Waals surface area contributed by atoms with Gasteiger partial charge in [-0.1, -0.05) is 18.2 Å². The standard InChI is InChI=1S/C19H17N7O/c1-12(9-20)26-11-21-24-18(26)15-7-4-8-16(23-15)22-14-6-3-5-13-10-25(2)19(27)17(13)14/h3-8,11-12H,10H2,1-2H3,(H,22,23). The number of nitrogens with one attached hydrogen (secondary N) is 1. The summed E-state index contributed by atoms with van der Waals surface area (Å²) in [6, 6.07) is 13.0. The van der Waals surface area contributed by atoms with Crippen LogP contribution in [0.1, 0.15) is 28.9 Å². The summed E-state index contributed by atoms with van der Waals surface area (Å²) >= 11 is 0. The molecule has 4 rings (SSSR count). The number of benzene rings is 1. The molecule has 3 heterocycles. The molecule has 0 radical (unpaired) electrons. The first kappa shape index (κ1) is 16.7. The minimum atomic E-state index is -0.404. The van der Waals surface area contributed by atoms with Crippen LogP contribution in [-0.4, -0.2) is 37.6 Å². The third kappa shape index (κ3) is 2.89. The molecule has 8 heteroatoms. The van der Waals surface area contributed by atoms with Crippen molar-refractivity contribution in [2.45, 2.75) is 19.5 Å². The largest absolute Gasteiger partial charge is 0.340 e. The number of rotatable bonds is 4. The molecule has 1 unspecified atom stereocenters. The average Bonchev–Trinajstić information content (AvgIpc) is 3.27. The van der Waals surface area contributed by atoms with Crippen molar-refractivity contribution in [2.75, 3.05) is 12.4 Å². The van der Waals surface area contributed by atoms with Gasteiger partial charge in [-0.2, -0.15) is 5.26 Å². The zero-order chi connectivity index (χ0) is 19.0. The van der Waals surface area contributed by atoms with E-state index in [0.717, 1.165) is 11.3 Å². The zero-order valence-electron chi connectivity index (χ0n) is 14.9. The Balaban J connectivity index is 1.69.